The number of rotatable bonds is 46. The summed E-state index contributed by atoms with van der Waals surface area (Å²) in [5.41, 5.74) is 0. The molecule has 0 amide bonds. The second-order valence-electron chi connectivity index (χ2n) is 17.1. The van der Waals surface area contributed by atoms with Crippen LogP contribution in [0.25, 0.3) is 0 Å². The molecule has 0 spiro atoms. The first-order chi connectivity index (χ1) is 30.0. The second kappa shape index (κ2) is 49.8. The Morgan fingerprint density at radius 1 is 0.344 bits per heavy atom. The van der Waals surface area contributed by atoms with Crippen molar-refractivity contribution in [2.75, 3.05) is 13.2 Å². The molecule has 0 saturated heterocycles. The van der Waals surface area contributed by atoms with Crippen LogP contribution in [0, 0.1) is 0 Å². The first kappa shape index (κ1) is 58.1. The zero-order valence-corrected chi connectivity index (χ0v) is 40.2. The van der Waals surface area contributed by atoms with Gasteiger partial charge in [0.05, 0.1) is 0 Å². The Kier molecular flexibility index (Phi) is 47.4. The highest BCUT2D eigenvalue weighted by Crippen LogP contribution is 2.15. The average Bonchev–Trinajstić information content (AvgIpc) is 3.26. The number of ether oxygens (including phenoxy) is 3. The third kappa shape index (κ3) is 48.0. The Morgan fingerprint density at radius 2 is 0.656 bits per heavy atom. The molecule has 61 heavy (non-hydrogen) atoms. The van der Waals surface area contributed by atoms with E-state index in [0.29, 0.717) is 19.3 Å². The topological polar surface area (TPSA) is 78.9 Å². The van der Waals surface area contributed by atoms with Gasteiger partial charge in [0.15, 0.2) is 6.10 Å². The van der Waals surface area contributed by atoms with Gasteiger partial charge >= 0.3 is 17.9 Å². The molecule has 6 nitrogen and oxygen atoms in total. The molecule has 0 aromatic heterocycles. The van der Waals surface area contributed by atoms with Crippen molar-refractivity contribution in [3.05, 3.63) is 60.8 Å². The number of esters is 3. The van der Waals surface area contributed by atoms with Crippen LogP contribution in [-0.2, 0) is 28.6 Å². The summed E-state index contributed by atoms with van der Waals surface area (Å²) in [6.07, 6.45) is 60.7. The van der Waals surface area contributed by atoms with E-state index in [4.69, 9.17) is 14.2 Å². The highest BCUT2D eigenvalue weighted by Gasteiger charge is 2.19. The molecule has 6 heteroatoms. The van der Waals surface area contributed by atoms with Gasteiger partial charge in [-0.1, -0.05) is 216 Å². The Hall–Kier alpha value is -2.89. The van der Waals surface area contributed by atoms with Crippen LogP contribution < -0.4 is 0 Å². The van der Waals surface area contributed by atoms with Crippen molar-refractivity contribution in [1.82, 2.24) is 0 Å². The highest BCUT2D eigenvalue weighted by atomic mass is 16.6. The molecular weight excluding hydrogens is 757 g/mol. The van der Waals surface area contributed by atoms with E-state index >= 15 is 0 Å². The molecule has 0 N–H and O–H groups in total. The summed E-state index contributed by atoms with van der Waals surface area (Å²) in [5.74, 6) is -0.951. The van der Waals surface area contributed by atoms with Crippen molar-refractivity contribution in [3.63, 3.8) is 0 Å². The standard InChI is InChI=1S/C55H96O6/c1-4-7-10-13-16-19-22-24-26-27-29-30-33-36-39-42-45-48-54(57)60-51-52(50-59-53(56)47-44-41-38-35-32-21-18-15-12-9-6-3)61-55(58)49-46-43-40-37-34-31-28-25-23-20-17-14-11-8-5-2/h9,12,16,18-19,21,24,26,35,38,52H,4-8,10-11,13-15,17,20,22-23,25,27-34,36-37,39-51H2,1-3H3/b12-9-,19-16-,21-18-,26-24-,38-35-. The molecule has 0 aromatic rings. The molecule has 352 valence electrons. The molecule has 1 unspecified atom stereocenters. The van der Waals surface area contributed by atoms with E-state index < -0.39 is 6.10 Å². The Morgan fingerprint density at radius 3 is 1.10 bits per heavy atom. The predicted octanol–water partition coefficient (Wildman–Crippen LogP) is 16.9. The average molecular weight is 853 g/mol. The molecule has 0 aliphatic heterocycles. The lowest BCUT2D eigenvalue weighted by Gasteiger charge is -2.18. The van der Waals surface area contributed by atoms with Crippen LogP contribution in [0.5, 0.6) is 0 Å². The van der Waals surface area contributed by atoms with Gasteiger partial charge in [-0.2, -0.15) is 0 Å². The Bertz CT molecular complexity index is 1120. The quantitative estimate of drug-likeness (QED) is 0.0263. The fraction of sp³-hybridized carbons (Fsp3) is 0.764. The third-order valence-corrected chi connectivity index (χ3v) is 11.0. The van der Waals surface area contributed by atoms with Gasteiger partial charge in [-0.25, -0.2) is 0 Å². The fourth-order valence-electron chi connectivity index (χ4n) is 7.14. The zero-order chi connectivity index (χ0) is 44.4. The van der Waals surface area contributed by atoms with E-state index in [1.54, 1.807) is 0 Å². The van der Waals surface area contributed by atoms with Gasteiger partial charge in [0.1, 0.15) is 13.2 Å². The lowest BCUT2D eigenvalue weighted by atomic mass is 10.0. The number of hydrogen-bond donors (Lipinski definition) is 0. The summed E-state index contributed by atoms with van der Waals surface area (Å²) in [4.78, 5) is 37.9. The maximum absolute atomic E-state index is 12.8. The number of hydrogen-bond acceptors (Lipinski definition) is 6. The summed E-state index contributed by atoms with van der Waals surface area (Å²) in [5, 5.41) is 0. The van der Waals surface area contributed by atoms with Crippen LogP contribution in [-0.4, -0.2) is 37.2 Å². The molecule has 0 bridgehead atoms. The summed E-state index contributed by atoms with van der Waals surface area (Å²) >= 11 is 0. The minimum atomic E-state index is -0.794. The Labute approximate surface area is 377 Å². The largest absolute Gasteiger partial charge is 0.462 e. The first-order valence-corrected chi connectivity index (χ1v) is 25.8. The summed E-state index contributed by atoms with van der Waals surface area (Å²) in [6.45, 7) is 6.45. The molecule has 0 aliphatic rings. The monoisotopic (exact) mass is 853 g/mol. The van der Waals surface area contributed by atoms with E-state index in [1.165, 1.54) is 128 Å². The van der Waals surface area contributed by atoms with Crippen molar-refractivity contribution in [2.24, 2.45) is 0 Å². The van der Waals surface area contributed by atoms with Crippen molar-refractivity contribution >= 4 is 17.9 Å². The van der Waals surface area contributed by atoms with Crippen molar-refractivity contribution in [3.8, 4) is 0 Å². The second-order valence-corrected chi connectivity index (χ2v) is 17.1. The molecule has 0 saturated carbocycles. The normalized spacial score (nSPS) is 12.5. The third-order valence-electron chi connectivity index (χ3n) is 11.0. The van der Waals surface area contributed by atoms with Crippen LogP contribution in [0.1, 0.15) is 252 Å². The van der Waals surface area contributed by atoms with Crippen molar-refractivity contribution in [1.29, 1.82) is 0 Å². The van der Waals surface area contributed by atoms with Crippen LogP contribution >= 0.6 is 0 Å². The molecular formula is C55H96O6. The van der Waals surface area contributed by atoms with Crippen LogP contribution in [0.3, 0.4) is 0 Å². The summed E-state index contributed by atoms with van der Waals surface area (Å²) < 4.78 is 16.7. The van der Waals surface area contributed by atoms with Gasteiger partial charge < -0.3 is 14.2 Å². The van der Waals surface area contributed by atoms with Crippen LogP contribution in [0.4, 0.5) is 0 Å². The van der Waals surface area contributed by atoms with Gasteiger partial charge in [0.2, 0.25) is 0 Å². The molecule has 0 fully saturated rings. The molecule has 0 rings (SSSR count). The smallest absolute Gasteiger partial charge is 0.306 e. The van der Waals surface area contributed by atoms with Crippen LogP contribution in [0.2, 0.25) is 0 Å². The van der Waals surface area contributed by atoms with Gasteiger partial charge in [-0.05, 0) is 77.0 Å². The van der Waals surface area contributed by atoms with Gasteiger partial charge in [0.25, 0.3) is 0 Å². The lowest BCUT2D eigenvalue weighted by molar-refractivity contribution is -0.167. The van der Waals surface area contributed by atoms with E-state index in [2.05, 4.69) is 81.5 Å². The minimum absolute atomic E-state index is 0.0924. The number of carbonyl (C=O) groups excluding carboxylic acids is 3. The van der Waals surface area contributed by atoms with E-state index in [0.717, 1.165) is 77.0 Å². The summed E-state index contributed by atoms with van der Waals surface area (Å²) in [6, 6.07) is 0. The van der Waals surface area contributed by atoms with Crippen molar-refractivity contribution < 1.29 is 28.6 Å². The van der Waals surface area contributed by atoms with Crippen LogP contribution in [0.15, 0.2) is 60.8 Å². The number of carbonyl (C=O) groups is 3. The van der Waals surface area contributed by atoms with E-state index in [9.17, 15) is 14.4 Å². The maximum Gasteiger partial charge on any atom is 0.306 e. The van der Waals surface area contributed by atoms with Gasteiger partial charge in [0, 0.05) is 19.3 Å². The van der Waals surface area contributed by atoms with E-state index in [-0.39, 0.29) is 37.5 Å². The molecule has 0 aliphatic carbocycles. The van der Waals surface area contributed by atoms with Crippen molar-refractivity contribution in [2.45, 2.75) is 258 Å². The minimum Gasteiger partial charge on any atom is -0.462 e. The Balaban J connectivity index is 4.39. The zero-order valence-electron chi connectivity index (χ0n) is 40.2. The molecule has 0 aromatic carbocycles. The maximum atomic E-state index is 12.8. The lowest BCUT2D eigenvalue weighted by Crippen LogP contribution is -2.30. The fourth-order valence-corrected chi connectivity index (χ4v) is 7.14. The first-order valence-electron chi connectivity index (χ1n) is 25.8. The molecule has 0 radical (unpaired) electrons. The highest BCUT2D eigenvalue weighted by molar-refractivity contribution is 5.71. The predicted molar refractivity (Wildman–Crippen MR) is 261 cm³/mol. The van der Waals surface area contributed by atoms with E-state index in [1.807, 2.05) is 0 Å². The number of allylic oxidation sites excluding steroid dienone is 10. The molecule has 1 atom stereocenters. The summed E-state index contributed by atoms with van der Waals surface area (Å²) in [7, 11) is 0. The number of unbranched alkanes of at least 4 members (excludes halogenated alkanes) is 25. The van der Waals surface area contributed by atoms with Gasteiger partial charge in [-0.3, -0.25) is 14.4 Å². The molecule has 0 heterocycles. The van der Waals surface area contributed by atoms with Gasteiger partial charge in [-0.15, -0.1) is 0 Å². The SMILES string of the molecule is CC/C=C\C/C=C\C/C=C\CCCC(=O)OCC(COC(=O)CCCCCCCCC/C=C\C/C=C\CCCCC)OC(=O)CCCCCCCCCCCCCCCCC.